The molecule has 0 unspecified atom stereocenters. The van der Waals surface area contributed by atoms with E-state index in [4.69, 9.17) is 26.3 Å². The van der Waals surface area contributed by atoms with Crippen LogP contribution in [0.25, 0.3) is 22.6 Å². The Labute approximate surface area is 190 Å². The van der Waals surface area contributed by atoms with Gasteiger partial charge in [-0.3, -0.25) is 0 Å². The summed E-state index contributed by atoms with van der Waals surface area (Å²) in [6.07, 6.45) is 0. The fourth-order valence-corrected chi connectivity index (χ4v) is 4.11. The number of hydrogen-bond acceptors (Lipinski definition) is 5. The normalized spacial score (nSPS) is 10.5. The highest BCUT2D eigenvalue weighted by Crippen LogP contribution is 2.33. The Morgan fingerprint density at radius 1 is 0.903 bits per heavy atom. The van der Waals surface area contributed by atoms with E-state index < -0.39 is 0 Å². The SMILES string of the molecule is COc1ccc(-c2nc(-c3ccccc3)nc(SCc3ccc(Cl)cc3)c2C#N)cc1. The van der Waals surface area contributed by atoms with Gasteiger partial charge in [-0.15, -0.1) is 11.8 Å². The molecule has 0 bridgehead atoms. The van der Waals surface area contributed by atoms with Crippen LogP contribution in [0.15, 0.2) is 83.9 Å². The summed E-state index contributed by atoms with van der Waals surface area (Å²) in [7, 11) is 1.62. The molecule has 0 spiro atoms. The highest BCUT2D eigenvalue weighted by molar-refractivity contribution is 7.98. The van der Waals surface area contributed by atoms with Crippen LogP contribution in [0.4, 0.5) is 0 Å². The molecule has 4 aromatic rings. The van der Waals surface area contributed by atoms with E-state index >= 15 is 0 Å². The second-order valence-corrected chi connectivity index (χ2v) is 8.10. The third-order valence-electron chi connectivity index (χ3n) is 4.67. The topological polar surface area (TPSA) is 58.8 Å². The van der Waals surface area contributed by atoms with Gasteiger partial charge in [0, 0.05) is 21.9 Å². The number of nitrogens with zero attached hydrogens (tertiary/aromatic N) is 3. The Morgan fingerprint density at radius 2 is 1.61 bits per heavy atom. The summed E-state index contributed by atoms with van der Waals surface area (Å²) in [5, 5.41) is 11.3. The zero-order chi connectivity index (χ0) is 21.6. The van der Waals surface area contributed by atoms with Crippen LogP contribution in [0, 0.1) is 11.3 Å². The molecular weight excluding hydrogens is 426 g/mol. The van der Waals surface area contributed by atoms with Crippen molar-refractivity contribution in [2.75, 3.05) is 7.11 Å². The molecule has 31 heavy (non-hydrogen) atoms. The number of hydrogen-bond donors (Lipinski definition) is 0. The molecule has 0 N–H and O–H groups in total. The molecule has 4 rings (SSSR count). The van der Waals surface area contributed by atoms with Gasteiger partial charge in [0.2, 0.25) is 0 Å². The minimum absolute atomic E-state index is 0.462. The van der Waals surface area contributed by atoms with E-state index in [-0.39, 0.29) is 0 Å². The first-order valence-electron chi connectivity index (χ1n) is 9.57. The van der Waals surface area contributed by atoms with E-state index in [0.717, 1.165) is 22.4 Å². The van der Waals surface area contributed by atoms with Crippen LogP contribution in [0.5, 0.6) is 5.75 Å². The number of benzene rings is 3. The predicted octanol–water partition coefficient (Wildman–Crippen LogP) is 6.64. The minimum Gasteiger partial charge on any atom is -0.497 e. The van der Waals surface area contributed by atoms with E-state index in [1.54, 1.807) is 7.11 Å². The summed E-state index contributed by atoms with van der Waals surface area (Å²) in [4.78, 5) is 9.51. The number of thioether (sulfide) groups is 1. The molecule has 0 aliphatic heterocycles. The summed E-state index contributed by atoms with van der Waals surface area (Å²) < 4.78 is 5.26. The third-order valence-corrected chi connectivity index (χ3v) is 5.97. The molecule has 0 amide bonds. The molecule has 1 heterocycles. The summed E-state index contributed by atoms with van der Waals surface area (Å²) in [6, 6.07) is 27.3. The fraction of sp³-hybridized carbons (Fsp3) is 0.0800. The lowest BCUT2D eigenvalue weighted by Crippen LogP contribution is -2.00. The van der Waals surface area contributed by atoms with Crippen LogP contribution >= 0.6 is 23.4 Å². The van der Waals surface area contributed by atoms with Gasteiger partial charge in [-0.25, -0.2) is 9.97 Å². The van der Waals surface area contributed by atoms with E-state index in [0.29, 0.717) is 32.9 Å². The maximum absolute atomic E-state index is 9.97. The molecule has 0 atom stereocenters. The monoisotopic (exact) mass is 443 g/mol. The number of ether oxygens (including phenoxy) is 1. The van der Waals surface area contributed by atoms with Crippen LogP contribution in [-0.2, 0) is 5.75 Å². The van der Waals surface area contributed by atoms with Gasteiger partial charge in [-0.05, 0) is 42.0 Å². The predicted molar refractivity (Wildman–Crippen MR) is 125 cm³/mol. The van der Waals surface area contributed by atoms with Gasteiger partial charge in [0.1, 0.15) is 22.4 Å². The van der Waals surface area contributed by atoms with Crippen LogP contribution in [-0.4, -0.2) is 17.1 Å². The Balaban J connectivity index is 1.79. The van der Waals surface area contributed by atoms with Crippen molar-refractivity contribution in [3.05, 3.63) is 95.0 Å². The minimum atomic E-state index is 0.462. The van der Waals surface area contributed by atoms with E-state index in [9.17, 15) is 5.26 Å². The highest BCUT2D eigenvalue weighted by Gasteiger charge is 2.17. The second-order valence-electron chi connectivity index (χ2n) is 6.70. The summed E-state index contributed by atoms with van der Waals surface area (Å²) in [6.45, 7) is 0. The molecule has 0 saturated carbocycles. The fourth-order valence-electron chi connectivity index (χ4n) is 3.05. The zero-order valence-corrected chi connectivity index (χ0v) is 18.3. The van der Waals surface area contributed by atoms with Gasteiger partial charge in [0.15, 0.2) is 5.82 Å². The number of nitriles is 1. The largest absolute Gasteiger partial charge is 0.497 e. The first-order valence-corrected chi connectivity index (χ1v) is 10.9. The van der Waals surface area contributed by atoms with Crippen molar-refractivity contribution in [1.29, 1.82) is 5.26 Å². The quantitative estimate of drug-likeness (QED) is 0.247. The maximum atomic E-state index is 9.97. The summed E-state index contributed by atoms with van der Waals surface area (Å²) in [5.41, 5.74) is 3.91. The molecule has 152 valence electrons. The molecule has 0 saturated heterocycles. The molecule has 0 aliphatic rings. The van der Waals surface area contributed by atoms with Gasteiger partial charge >= 0.3 is 0 Å². The first-order chi connectivity index (χ1) is 15.2. The van der Waals surface area contributed by atoms with Gasteiger partial charge in [0.05, 0.1) is 12.8 Å². The van der Waals surface area contributed by atoms with Crippen LogP contribution in [0.2, 0.25) is 5.02 Å². The Morgan fingerprint density at radius 3 is 2.26 bits per heavy atom. The molecule has 0 aliphatic carbocycles. The Kier molecular flexibility index (Phi) is 6.51. The van der Waals surface area contributed by atoms with Crippen LogP contribution < -0.4 is 4.74 Å². The lowest BCUT2D eigenvalue weighted by atomic mass is 10.1. The summed E-state index contributed by atoms with van der Waals surface area (Å²) in [5.74, 6) is 2.00. The third kappa shape index (κ3) is 4.88. The number of rotatable bonds is 6. The van der Waals surface area contributed by atoms with Gasteiger partial charge in [-0.1, -0.05) is 54.1 Å². The number of methoxy groups -OCH3 is 1. The first kappa shape index (κ1) is 20.9. The van der Waals surface area contributed by atoms with Crippen LogP contribution in [0.1, 0.15) is 11.1 Å². The maximum Gasteiger partial charge on any atom is 0.161 e. The number of halogens is 1. The van der Waals surface area contributed by atoms with Crippen molar-refractivity contribution in [3.63, 3.8) is 0 Å². The van der Waals surface area contributed by atoms with E-state index in [1.165, 1.54) is 11.8 Å². The van der Waals surface area contributed by atoms with Crippen molar-refractivity contribution >= 4 is 23.4 Å². The molecular formula is C25H18ClN3OS. The average Bonchev–Trinajstić information content (AvgIpc) is 2.83. The van der Waals surface area contributed by atoms with Crippen LogP contribution in [0.3, 0.4) is 0 Å². The average molecular weight is 444 g/mol. The molecule has 1 aromatic heterocycles. The zero-order valence-electron chi connectivity index (χ0n) is 16.7. The van der Waals surface area contributed by atoms with E-state index in [1.807, 2.05) is 78.9 Å². The Hall–Kier alpha value is -3.33. The lowest BCUT2D eigenvalue weighted by Gasteiger charge is -2.12. The summed E-state index contributed by atoms with van der Waals surface area (Å²) >= 11 is 7.51. The van der Waals surface area contributed by atoms with E-state index in [2.05, 4.69) is 6.07 Å². The molecule has 4 nitrogen and oxygen atoms in total. The van der Waals surface area contributed by atoms with Gasteiger partial charge in [-0.2, -0.15) is 5.26 Å². The van der Waals surface area contributed by atoms with Crippen molar-refractivity contribution in [2.24, 2.45) is 0 Å². The molecule has 0 radical (unpaired) electrons. The number of aromatic nitrogens is 2. The Bertz CT molecular complexity index is 1220. The molecule has 6 heteroatoms. The molecule has 3 aromatic carbocycles. The molecule has 0 fully saturated rings. The van der Waals surface area contributed by atoms with Gasteiger partial charge < -0.3 is 4.74 Å². The van der Waals surface area contributed by atoms with Crippen molar-refractivity contribution in [3.8, 4) is 34.5 Å². The van der Waals surface area contributed by atoms with Crippen molar-refractivity contribution < 1.29 is 4.74 Å². The van der Waals surface area contributed by atoms with Crippen molar-refractivity contribution in [1.82, 2.24) is 9.97 Å². The highest BCUT2D eigenvalue weighted by atomic mass is 35.5. The van der Waals surface area contributed by atoms with Crippen molar-refractivity contribution in [2.45, 2.75) is 10.8 Å². The van der Waals surface area contributed by atoms with Gasteiger partial charge in [0.25, 0.3) is 0 Å². The second kappa shape index (κ2) is 9.65. The standard InChI is InChI=1S/C25H18ClN3OS/c1-30-21-13-9-18(10-14-21)23-22(15-27)25(31-16-17-7-11-20(26)12-8-17)29-24(28-23)19-5-3-2-4-6-19/h2-14H,16H2,1H3. The lowest BCUT2D eigenvalue weighted by molar-refractivity contribution is 0.415. The smallest absolute Gasteiger partial charge is 0.161 e.